The van der Waals surface area contributed by atoms with Gasteiger partial charge >= 0.3 is 6.03 Å². The number of nitrogens with one attached hydrogen (secondary N) is 2. The topological polar surface area (TPSA) is 81.8 Å². The summed E-state index contributed by atoms with van der Waals surface area (Å²) in [6.07, 6.45) is 2.77. The molecule has 0 bridgehead atoms. The summed E-state index contributed by atoms with van der Waals surface area (Å²) in [5.74, 6) is -0.388. The van der Waals surface area contributed by atoms with Crippen LogP contribution in [0, 0.1) is 0 Å². The van der Waals surface area contributed by atoms with Gasteiger partial charge in [-0.25, -0.2) is 9.69 Å². The molecule has 7 nitrogen and oxygen atoms in total. The summed E-state index contributed by atoms with van der Waals surface area (Å²) in [5.41, 5.74) is 0.573. The van der Waals surface area contributed by atoms with Crippen molar-refractivity contribution < 1.29 is 14.4 Å². The van der Waals surface area contributed by atoms with Gasteiger partial charge in [-0.2, -0.15) is 0 Å². The fraction of sp³-hybridized carbons (Fsp3) is 0.435. The highest BCUT2D eigenvalue weighted by atomic mass is 16.2. The average Bonchev–Trinajstić information content (AvgIpc) is 3.33. The number of imide groups is 1. The summed E-state index contributed by atoms with van der Waals surface area (Å²) in [6.45, 7) is 4.85. The van der Waals surface area contributed by atoms with Crippen LogP contribution in [0.2, 0.25) is 0 Å². The molecule has 2 N–H and O–H groups in total. The zero-order valence-electron chi connectivity index (χ0n) is 17.3. The summed E-state index contributed by atoms with van der Waals surface area (Å²) in [4.78, 5) is 41.3. The smallest absolute Gasteiger partial charge is 0.329 e. The summed E-state index contributed by atoms with van der Waals surface area (Å²) in [7, 11) is 0. The molecule has 2 saturated heterocycles. The van der Waals surface area contributed by atoms with Gasteiger partial charge in [0.1, 0.15) is 6.04 Å². The van der Waals surface area contributed by atoms with Crippen molar-refractivity contribution in [3.8, 4) is 0 Å². The zero-order chi connectivity index (χ0) is 21.1. The number of benzene rings is 2. The predicted molar refractivity (Wildman–Crippen MR) is 116 cm³/mol. The highest BCUT2D eigenvalue weighted by Crippen LogP contribution is 2.29. The minimum atomic E-state index is -0.680. The quantitative estimate of drug-likeness (QED) is 0.690. The first-order valence-electron chi connectivity index (χ1n) is 10.7. The number of nitrogens with zero attached hydrogens (tertiary/aromatic N) is 2. The first-order valence-corrected chi connectivity index (χ1v) is 10.7. The van der Waals surface area contributed by atoms with Crippen molar-refractivity contribution in [2.45, 2.75) is 44.7 Å². The van der Waals surface area contributed by atoms with Gasteiger partial charge in [0, 0.05) is 24.4 Å². The predicted octanol–water partition coefficient (Wildman–Crippen LogP) is 2.65. The van der Waals surface area contributed by atoms with Gasteiger partial charge in [-0.3, -0.25) is 14.5 Å². The maximum Gasteiger partial charge on any atom is 0.329 e. The lowest BCUT2D eigenvalue weighted by atomic mass is 10.1. The van der Waals surface area contributed by atoms with Crippen molar-refractivity contribution in [3.63, 3.8) is 0 Å². The largest absolute Gasteiger partial charge is 0.355 e. The van der Waals surface area contributed by atoms with Crippen LogP contribution in [0.25, 0.3) is 10.8 Å². The maximum atomic E-state index is 12.9. The molecule has 4 rings (SSSR count). The maximum absolute atomic E-state index is 12.9. The van der Waals surface area contributed by atoms with E-state index in [2.05, 4.69) is 22.5 Å². The molecule has 0 saturated carbocycles. The summed E-state index contributed by atoms with van der Waals surface area (Å²) >= 11 is 0. The molecule has 7 heteroatoms. The minimum Gasteiger partial charge on any atom is -0.355 e. The number of urea groups is 1. The molecule has 0 unspecified atom stereocenters. The molecule has 2 atom stereocenters. The third kappa shape index (κ3) is 4.03. The van der Waals surface area contributed by atoms with Crippen molar-refractivity contribution >= 4 is 34.3 Å². The molecule has 0 aromatic heterocycles. The van der Waals surface area contributed by atoms with E-state index in [0.717, 1.165) is 30.3 Å². The molecule has 2 aliphatic heterocycles. The minimum absolute atomic E-state index is 0.0800. The fourth-order valence-corrected chi connectivity index (χ4v) is 4.50. The Hall–Kier alpha value is -2.93. The van der Waals surface area contributed by atoms with E-state index in [-0.39, 0.29) is 18.2 Å². The van der Waals surface area contributed by atoms with Gasteiger partial charge in [0.25, 0.3) is 5.91 Å². The Morgan fingerprint density at radius 3 is 2.80 bits per heavy atom. The highest BCUT2D eigenvalue weighted by Gasteiger charge is 2.39. The van der Waals surface area contributed by atoms with Gasteiger partial charge in [0.15, 0.2) is 0 Å². The molecular formula is C23H28N4O3. The van der Waals surface area contributed by atoms with Gasteiger partial charge < -0.3 is 10.6 Å². The van der Waals surface area contributed by atoms with Crippen molar-refractivity contribution in [2.75, 3.05) is 24.5 Å². The Kier molecular flexibility index (Phi) is 5.99. The first kappa shape index (κ1) is 20.3. The van der Waals surface area contributed by atoms with E-state index < -0.39 is 12.1 Å². The summed E-state index contributed by atoms with van der Waals surface area (Å²) in [6, 6.07) is 12.5. The molecule has 30 heavy (non-hydrogen) atoms. The number of amides is 4. The van der Waals surface area contributed by atoms with Crippen LogP contribution in [0.1, 0.15) is 32.6 Å². The Labute approximate surface area is 176 Å². The first-order chi connectivity index (χ1) is 14.6. The van der Waals surface area contributed by atoms with E-state index in [1.807, 2.05) is 36.4 Å². The second-order valence-electron chi connectivity index (χ2n) is 7.94. The van der Waals surface area contributed by atoms with Crippen LogP contribution in [-0.4, -0.2) is 54.5 Å². The third-order valence-electron chi connectivity index (χ3n) is 6.13. The lowest BCUT2D eigenvalue weighted by molar-refractivity contribution is -0.122. The number of rotatable bonds is 7. The molecule has 0 spiro atoms. The van der Waals surface area contributed by atoms with E-state index in [4.69, 9.17) is 0 Å². The molecule has 2 aliphatic rings. The molecular weight excluding hydrogens is 380 g/mol. The summed E-state index contributed by atoms with van der Waals surface area (Å²) < 4.78 is 0. The number of carbonyl (C=O) groups excluding carboxylic acids is 3. The van der Waals surface area contributed by atoms with Crippen molar-refractivity contribution in [1.29, 1.82) is 0 Å². The molecule has 2 heterocycles. The van der Waals surface area contributed by atoms with Gasteiger partial charge in [-0.1, -0.05) is 43.3 Å². The Morgan fingerprint density at radius 2 is 1.97 bits per heavy atom. The lowest BCUT2D eigenvalue weighted by Gasteiger charge is -2.22. The van der Waals surface area contributed by atoms with E-state index in [1.54, 1.807) is 6.07 Å². The lowest BCUT2D eigenvalue weighted by Crippen LogP contribution is -2.40. The van der Waals surface area contributed by atoms with Gasteiger partial charge in [0.2, 0.25) is 5.91 Å². The second-order valence-corrected chi connectivity index (χ2v) is 7.94. The van der Waals surface area contributed by atoms with Gasteiger partial charge in [-0.15, -0.1) is 0 Å². The molecule has 2 aromatic rings. The van der Waals surface area contributed by atoms with Crippen LogP contribution >= 0.6 is 0 Å². The highest BCUT2D eigenvalue weighted by molar-refractivity contribution is 6.24. The number of fused-ring (bicyclic) bond motifs is 1. The standard InChI is InChI=1S/C23H28N4O3/c1-2-26-14-6-9-17(26)15-24-21(28)13-12-19-22(29)27(23(30)25-19)20-11-5-8-16-7-3-4-10-18(16)20/h3-5,7-8,10-11,17,19H,2,6,9,12-15H2,1H3,(H,24,28)(H,25,30)/t17-,19-/m0/s1. The van der Waals surface area contributed by atoms with Gasteiger partial charge in [-0.05, 0) is 43.8 Å². The Morgan fingerprint density at radius 1 is 1.17 bits per heavy atom. The molecule has 0 aliphatic carbocycles. The summed E-state index contributed by atoms with van der Waals surface area (Å²) in [5, 5.41) is 7.53. The van der Waals surface area contributed by atoms with Crippen LogP contribution in [0.4, 0.5) is 10.5 Å². The Balaban J connectivity index is 1.35. The van der Waals surface area contributed by atoms with E-state index in [1.165, 1.54) is 11.3 Å². The molecule has 158 valence electrons. The number of likely N-dealkylation sites (N-methyl/N-ethyl adjacent to an activating group) is 1. The number of anilines is 1. The average molecular weight is 409 g/mol. The van der Waals surface area contributed by atoms with E-state index in [0.29, 0.717) is 24.7 Å². The fourth-order valence-electron chi connectivity index (χ4n) is 4.50. The SMILES string of the molecule is CCN1CCC[C@H]1CNC(=O)CC[C@@H]1NC(=O)N(c2cccc3ccccc23)C1=O. The van der Waals surface area contributed by atoms with Crippen molar-refractivity contribution in [3.05, 3.63) is 42.5 Å². The van der Waals surface area contributed by atoms with Crippen molar-refractivity contribution in [2.24, 2.45) is 0 Å². The molecule has 4 amide bonds. The normalized spacial score (nSPS) is 22.0. The van der Waals surface area contributed by atoms with Crippen molar-refractivity contribution in [1.82, 2.24) is 15.5 Å². The van der Waals surface area contributed by atoms with Crippen LogP contribution < -0.4 is 15.5 Å². The second kappa shape index (κ2) is 8.83. The van der Waals surface area contributed by atoms with E-state index >= 15 is 0 Å². The monoisotopic (exact) mass is 408 g/mol. The molecule has 0 radical (unpaired) electrons. The van der Waals surface area contributed by atoms with Crippen LogP contribution in [0.5, 0.6) is 0 Å². The number of hydrogen-bond acceptors (Lipinski definition) is 4. The van der Waals surface area contributed by atoms with Gasteiger partial charge in [0.05, 0.1) is 5.69 Å². The Bertz CT molecular complexity index is 955. The van der Waals surface area contributed by atoms with E-state index in [9.17, 15) is 14.4 Å². The zero-order valence-corrected chi connectivity index (χ0v) is 17.3. The van der Waals surface area contributed by atoms with Crippen LogP contribution in [-0.2, 0) is 9.59 Å². The van der Waals surface area contributed by atoms with Crippen LogP contribution in [0.3, 0.4) is 0 Å². The third-order valence-corrected chi connectivity index (χ3v) is 6.13. The van der Waals surface area contributed by atoms with Crippen LogP contribution in [0.15, 0.2) is 42.5 Å². The number of likely N-dealkylation sites (tertiary alicyclic amines) is 1. The number of carbonyl (C=O) groups is 3. The molecule has 2 aromatic carbocycles. The number of hydrogen-bond donors (Lipinski definition) is 2. The molecule has 2 fully saturated rings.